The van der Waals surface area contributed by atoms with Crippen LogP contribution in [-0.2, 0) is 20.0 Å². The van der Waals surface area contributed by atoms with E-state index < -0.39 is 0 Å². The maximum Gasteiger partial charge on any atom is 0.0968 e. The molecular formula is C27H36N4. The van der Waals surface area contributed by atoms with E-state index in [-0.39, 0.29) is 0 Å². The zero-order valence-electron chi connectivity index (χ0n) is 19.3. The lowest BCUT2D eigenvalue weighted by atomic mass is 9.96. The second-order valence-electron chi connectivity index (χ2n) is 9.22. The Morgan fingerprint density at radius 3 is 2.61 bits per heavy atom. The third kappa shape index (κ3) is 5.84. The standard InChI is InChI=1S/C27H36N4/c1-22-10-7-8-12-24(22)15-17-31-16-9-11-23(19-31)18-29(2)20-26-21-30(3)28-27(26)25-13-5-4-6-14-25/h4-8,10,12-14,21,23H,9,11,15-20H2,1-3H3/t23-/m1/s1. The first kappa shape index (κ1) is 21.8. The van der Waals surface area contributed by atoms with Crippen LogP contribution in [0, 0.1) is 12.8 Å². The van der Waals surface area contributed by atoms with Gasteiger partial charge in [-0.2, -0.15) is 5.10 Å². The molecular weight excluding hydrogens is 380 g/mol. The average molecular weight is 417 g/mol. The number of nitrogens with zero attached hydrogens (tertiary/aromatic N) is 4. The van der Waals surface area contributed by atoms with Crippen molar-refractivity contribution in [2.75, 3.05) is 33.2 Å². The number of aromatic nitrogens is 2. The summed E-state index contributed by atoms with van der Waals surface area (Å²) in [5.74, 6) is 0.743. The predicted molar refractivity (Wildman–Crippen MR) is 129 cm³/mol. The Kier molecular flexibility index (Phi) is 7.21. The number of piperidine rings is 1. The van der Waals surface area contributed by atoms with Gasteiger partial charge in [-0.15, -0.1) is 0 Å². The molecule has 31 heavy (non-hydrogen) atoms. The summed E-state index contributed by atoms with van der Waals surface area (Å²) < 4.78 is 1.94. The van der Waals surface area contributed by atoms with Gasteiger partial charge in [0.25, 0.3) is 0 Å². The number of aryl methyl sites for hydroxylation is 2. The largest absolute Gasteiger partial charge is 0.303 e. The molecule has 2 aromatic carbocycles. The van der Waals surface area contributed by atoms with Gasteiger partial charge in [0.05, 0.1) is 5.69 Å². The highest BCUT2D eigenvalue weighted by Gasteiger charge is 2.22. The van der Waals surface area contributed by atoms with Gasteiger partial charge in [0.2, 0.25) is 0 Å². The van der Waals surface area contributed by atoms with E-state index in [1.807, 2.05) is 11.7 Å². The Labute approximate surface area is 187 Å². The number of benzene rings is 2. The fourth-order valence-corrected chi connectivity index (χ4v) is 4.96. The first-order valence-electron chi connectivity index (χ1n) is 11.6. The molecule has 0 spiro atoms. The highest BCUT2D eigenvalue weighted by molar-refractivity contribution is 5.62. The molecule has 1 atom stereocenters. The number of hydrogen-bond acceptors (Lipinski definition) is 3. The summed E-state index contributed by atoms with van der Waals surface area (Å²) >= 11 is 0. The summed E-state index contributed by atoms with van der Waals surface area (Å²) in [6, 6.07) is 19.4. The van der Waals surface area contributed by atoms with Gasteiger partial charge in [0.15, 0.2) is 0 Å². The molecule has 1 fully saturated rings. The molecule has 0 unspecified atom stereocenters. The average Bonchev–Trinajstić information content (AvgIpc) is 3.14. The molecule has 0 bridgehead atoms. The summed E-state index contributed by atoms with van der Waals surface area (Å²) in [6.07, 6.45) is 5.98. The van der Waals surface area contributed by atoms with Crippen molar-refractivity contribution in [1.29, 1.82) is 0 Å². The molecule has 1 saturated heterocycles. The highest BCUT2D eigenvalue weighted by Crippen LogP contribution is 2.24. The zero-order chi connectivity index (χ0) is 21.6. The molecule has 3 aromatic rings. The van der Waals surface area contributed by atoms with Crippen molar-refractivity contribution in [2.45, 2.75) is 32.7 Å². The molecule has 1 aliphatic heterocycles. The summed E-state index contributed by atoms with van der Waals surface area (Å²) in [4.78, 5) is 5.16. The van der Waals surface area contributed by atoms with Gasteiger partial charge in [-0.1, -0.05) is 54.6 Å². The van der Waals surface area contributed by atoms with Crippen LogP contribution in [0.1, 0.15) is 29.5 Å². The molecule has 1 aromatic heterocycles. The van der Waals surface area contributed by atoms with Crippen LogP contribution in [0.25, 0.3) is 11.3 Å². The van der Waals surface area contributed by atoms with Crippen LogP contribution in [0.3, 0.4) is 0 Å². The van der Waals surface area contributed by atoms with Crippen LogP contribution < -0.4 is 0 Å². The fourth-order valence-electron chi connectivity index (χ4n) is 4.96. The Hall–Kier alpha value is -2.43. The molecule has 0 radical (unpaired) electrons. The summed E-state index contributed by atoms with van der Waals surface area (Å²) in [6.45, 7) is 7.95. The minimum absolute atomic E-state index is 0.743. The topological polar surface area (TPSA) is 24.3 Å². The van der Waals surface area contributed by atoms with Gasteiger partial charge in [0, 0.05) is 50.6 Å². The van der Waals surface area contributed by atoms with Gasteiger partial charge in [0.1, 0.15) is 0 Å². The van der Waals surface area contributed by atoms with Crippen LogP contribution in [0.4, 0.5) is 0 Å². The van der Waals surface area contributed by atoms with Gasteiger partial charge in [-0.25, -0.2) is 0 Å². The number of likely N-dealkylation sites (tertiary alicyclic amines) is 1. The Bertz CT molecular complexity index is 962. The van der Waals surface area contributed by atoms with Crippen molar-refractivity contribution < 1.29 is 0 Å². The van der Waals surface area contributed by atoms with Crippen molar-refractivity contribution >= 4 is 0 Å². The smallest absolute Gasteiger partial charge is 0.0968 e. The lowest BCUT2D eigenvalue weighted by molar-refractivity contribution is 0.142. The van der Waals surface area contributed by atoms with Crippen molar-refractivity contribution in [2.24, 2.45) is 13.0 Å². The van der Waals surface area contributed by atoms with Crippen LogP contribution in [0.15, 0.2) is 60.8 Å². The lowest BCUT2D eigenvalue weighted by Gasteiger charge is -2.35. The Morgan fingerprint density at radius 2 is 1.81 bits per heavy atom. The van der Waals surface area contributed by atoms with Crippen molar-refractivity contribution in [3.05, 3.63) is 77.5 Å². The summed E-state index contributed by atoms with van der Waals surface area (Å²) in [5, 5.41) is 4.73. The second-order valence-corrected chi connectivity index (χ2v) is 9.22. The first-order chi connectivity index (χ1) is 15.1. The first-order valence-corrected chi connectivity index (χ1v) is 11.6. The van der Waals surface area contributed by atoms with E-state index in [2.05, 4.69) is 84.6 Å². The lowest BCUT2D eigenvalue weighted by Crippen LogP contribution is -2.40. The Balaban J connectivity index is 1.32. The van der Waals surface area contributed by atoms with Gasteiger partial charge >= 0.3 is 0 Å². The number of hydrogen-bond donors (Lipinski definition) is 0. The van der Waals surface area contributed by atoms with E-state index in [1.165, 1.54) is 54.7 Å². The predicted octanol–water partition coefficient (Wildman–Crippen LogP) is 4.78. The van der Waals surface area contributed by atoms with Gasteiger partial charge in [-0.05, 0) is 56.8 Å². The minimum Gasteiger partial charge on any atom is -0.303 e. The fraction of sp³-hybridized carbons (Fsp3) is 0.444. The van der Waals surface area contributed by atoms with Crippen LogP contribution in [0.5, 0.6) is 0 Å². The van der Waals surface area contributed by atoms with E-state index in [0.717, 1.165) is 31.1 Å². The molecule has 0 N–H and O–H groups in total. The van der Waals surface area contributed by atoms with E-state index >= 15 is 0 Å². The van der Waals surface area contributed by atoms with E-state index in [1.54, 1.807) is 0 Å². The quantitative estimate of drug-likeness (QED) is 0.528. The molecule has 4 rings (SSSR count). The Morgan fingerprint density at radius 1 is 1.03 bits per heavy atom. The highest BCUT2D eigenvalue weighted by atomic mass is 15.3. The molecule has 164 valence electrons. The van der Waals surface area contributed by atoms with Crippen LogP contribution in [0.2, 0.25) is 0 Å². The molecule has 4 nitrogen and oxygen atoms in total. The number of rotatable bonds is 8. The van der Waals surface area contributed by atoms with Crippen LogP contribution >= 0.6 is 0 Å². The second kappa shape index (κ2) is 10.3. The summed E-state index contributed by atoms with van der Waals surface area (Å²) in [7, 11) is 4.28. The molecule has 2 heterocycles. The maximum atomic E-state index is 4.73. The monoisotopic (exact) mass is 416 g/mol. The molecule has 0 amide bonds. The van der Waals surface area contributed by atoms with Gasteiger partial charge in [-0.3, -0.25) is 4.68 Å². The van der Waals surface area contributed by atoms with Crippen molar-refractivity contribution in [1.82, 2.24) is 19.6 Å². The molecule has 4 heteroatoms. The SMILES string of the molecule is Cc1ccccc1CCN1CCC[C@H](CN(C)Cc2cn(C)nc2-c2ccccc2)C1. The zero-order valence-corrected chi connectivity index (χ0v) is 19.3. The molecule has 0 saturated carbocycles. The van der Waals surface area contributed by atoms with Gasteiger partial charge < -0.3 is 9.80 Å². The van der Waals surface area contributed by atoms with Crippen molar-refractivity contribution in [3.63, 3.8) is 0 Å². The third-order valence-corrected chi connectivity index (χ3v) is 6.52. The molecule has 0 aliphatic carbocycles. The third-order valence-electron chi connectivity index (χ3n) is 6.52. The van der Waals surface area contributed by atoms with Crippen molar-refractivity contribution in [3.8, 4) is 11.3 Å². The van der Waals surface area contributed by atoms with E-state index in [4.69, 9.17) is 5.10 Å². The van der Waals surface area contributed by atoms with Crippen LogP contribution in [-0.4, -0.2) is 52.8 Å². The van der Waals surface area contributed by atoms with E-state index in [0.29, 0.717) is 0 Å². The van der Waals surface area contributed by atoms with E-state index in [9.17, 15) is 0 Å². The minimum atomic E-state index is 0.743. The molecule has 1 aliphatic rings. The maximum absolute atomic E-state index is 4.73. The summed E-state index contributed by atoms with van der Waals surface area (Å²) in [5.41, 5.74) is 6.53. The normalized spacial score (nSPS) is 17.4.